The number of halogens is 1. The Morgan fingerprint density at radius 3 is 2.43 bits per heavy atom. The SMILES string of the molecule is O=C1CC2(CCC3(CCCC3)CC2)Oc2cc(Br)ccc21. The molecule has 1 aliphatic heterocycles. The number of carbonyl (C=O) groups is 1. The zero-order valence-corrected chi connectivity index (χ0v) is 13.9. The quantitative estimate of drug-likeness (QED) is 0.636. The summed E-state index contributed by atoms with van der Waals surface area (Å²) in [5.41, 5.74) is 1.11. The summed E-state index contributed by atoms with van der Waals surface area (Å²) >= 11 is 3.48. The molecule has 2 nitrogen and oxygen atoms in total. The molecule has 21 heavy (non-hydrogen) atoms. The van der Waals surface area contributed by atoms with E-state index in [0.717, 1.165) is 28.6 Å². The molecule has 2 saturated carbocycles. The summed E-state index contributed by atoms with van der Waals surface area (Å²) < 4.78 is 7.34. The number of hydrogen-bond acceptors (Lipinski definition) is 2. The van der Waals surface area contributed by atoms with E-state index in [4.69, 9.17) is 4.74 Å². The minimum absolute atomic E-state index is 0.223. The topological polar surface area (TPSA) is 26.3 Å². The van der Waals surface area contributed by atoms with Crippen LogP contribution in [0, 0.1) is 5.41 Å². The first kappa shape index (κ1) is 13.8. The molecule has 0 radical (unpaired) electrons. The lowest BCUT2D eigenvalue weighted by atomic mass is 9.66. The molecule has 0 amide bonds. The molecule has 1 aromatic carbocycles. The fraction of sp³-hybridized carbons (Fsp3) is 0.611. The van der Waals surface area contributed by atoms with Crippen LogP contribution in [0.5, 0.6) is 5.75 Å². The molecule has 0 N–H and O–H groups in total. The normalized spacial score (nSPS) is 25.9. The van der Waals surface area contributed by atoms with Crippen LogP contribution in [0.1, 0.15) is 68.1 Å². The van der Waals surface area contributed by atoms with Gasteiger partial charge in [0.25, 0.3) is 0 Å². The summed E-state index contributed by atoms with van der Waals surface area (Å²) in [6.07, 6.45) is 10.7. The Kier molecular flexibility index (Phi) is 3.18. The number of fused-ring (bicyclic) bond motifs is 1. The summed E-state index contributed by atoms with van der Waals surface area (Å²) in [5.74, 6) is 1.04. The van der Waals surface area contributed by atoms with Crippen LogP contribution in [-0.2, 0) is 0 Å². The molecule has 0 unspecified atom stereocenters. The van der Waals surface area contributed by atoms with Gasteiger partial charge in [0.15, 0.2) is 5.78 Å². The average molecular weight is 349 g/mol. The van der Waals surface area contributed by atoms with E-state index in [0.29, 0.717) is 11.8 Å². The summed E-state index contributed by atoms with van der Waals surface area (Å²) in [6, 6.07) is 5.76. The molecule has 0 saturated heterocycles. The molecule has 3 aliphatic rings. The van der Waals surface area contributed by atoms with Crippen molar-refractivity contribution in [3.8, 4) is 5.75 Å². The predicted octanol–water partition coefficient (Wildman–Crippen LogP) is 5.29. The zero-order chi connectivity index (χ0) is 14.5. The van der Waals surface area contributed by atoms with Gasteiger partial charge in [-0.2, -0.15) is 0 Å². The van der Waals surface area contributed by atoms with Crippen LogP contribution in [0.4, 0.5) is 0 Å². The maximum absolute atomic E-state index is 12.5. The standard InChI is InChI=1S/C18H21BrO2/c19-13-3-4-14-15(20)12-18(21-16(14)11-13)9-7-17(8-10-18)5-1-2-6-17/h3-4,11H,1-2,5-10,12H2. The van der Waals surface area contributed by atoms with Crippen molar-refractivity contribution in [1.82, 2.24) is 0 Å². The third-order valence-corrected chi connectivity index (χ3v) is 6.43. The van der Waals surface area contributed by atoms with Crippen molar-refractivity contribution in [2.24, 2.45) is 5.41 Å². The van der Waals surface area contributed by atoms with Gasteiger partial charge in [0.1, 0.15) is 11.4 Å². The molecule has 2 aliphatic carbocycles. The number of benzene rings is 1. The fourth-order valence-corrected chi connectivity index (χ4v) is 4.95. The van der Waals surface area contributed by atoms with Gasteiger partial charge in [-0.25, -0.2) is 0 Å². The van der Waals surface area contributed by atoms with Crippen LogP contribution in [0.3, 0.4) is 0 Å². The van der Waals surface area contributed by atoms with E-state index in [1.54, 1.807) is 0 Å². The minimum Gasteiger partial charge on any atom is -0.486 e. The molecular weight excluding hydrogens is 328 g/mol. The zero-order valence-electron chi connectivity index (χ0n) is 12.3. The van der Waals surface area contributed by atoms with Crippen LogP contribution < -0.4 is 4.74 Å². The van der Waals surface area contributed by atoms with E-state index in [9.17, 15) is 4.79 Å². The van der Waals surface area contributed by atoms with Gasteiger partial charge in [-0.3, -0.25) is 4.79 Å². The Morgan fingerprint density at radius 1 is 1.00 bits per heavy atom. The molecule has 2 fully saturated rings. The summed E-state index contributed by atoms with van der Waals surface area (Å²) in [4.78, 5) is 12.5. The largest absolute Gasteiger partial charge is 0.486 e. The van der Waals surface area contributed by atoms with Crippen molar-refractivity contribution in [2.45, 2.75) is 63.4 Å². The first-order valence-corrected chi connectivity index (χ1v) is 8.91. The lowest BCUT2D eigenvalue weighted by Gasteiger charge is -2.46. The number of hydrogen-bond donors (Lipinski definition) is 0. The van der Waals surface area contributed by atoms with Crippen molar-refractivity contribution in [2.75, 3.05) is 0 Å². The highest BCUT2D eigenvalue weighted by Crippen LogP contribution is 2.54. The van der Waals surface area contributed by atoms with E-state index < -0.39 is 0 Å². The summed E-state index contributed by atoms with van der Waals surface area (Å²) in [6.45, 7) is 0. The van der Waals surface area contributed by atoms with Crippen molar-refractivity contribution in [3.05, 3.63) is 28.2 Å². The van der Waals surface area contributed by atoms with Crippen molar-refractivity contribution < 1.29 is 9.53 Å². The van der Waals surface area contributed by atoms with Gasteiger partial charge in [0.05, 0.1) is 12.0 Å². The maximum Gasteiger partial charge on any atom is 0.170 e. The molecule has 2 spiro atoms. The Labute approximate surface area is 134 Å². The Balaban J connectivity index is 1.59. The van der Waals surface area contributed by atoms with Gasteiger partial charge in [-0.15, -0.1) is 0 Å². The molecule has 0 bridgehead atoms. The minimum atomic E-state index is -0.223. The highest BCUT2D eigenvalue weighted by Gasteiger charge is 2.48. The van der Waals surface area contributed by atoms with Gasteiger partial charge < -0.3 is 4.74 Å². The number of rotatable bonds is 0. The monoisotopic (exact) mass is 348 g/mol. The van der Waals surface area contributed by atoms with Crippen molar-refractivity contribution in [1.29, 1.82) is 0 Å². The van der Waals surface area contributed by atoms with Crippen LogP contribution in [0.2, 0.25) is 0 Å². The predicted molar refractivity (Wildman–Crippen MR) is 85.8 cm³/mol. The first-order chi connectivity index (χ1) is 10.1. The van der Waals surface area contributed by atoms with Gasteiger partial charge >= 0.3 is 0 Å². The Morgan fingerprint density at radius 2 is 1.71 bits per heavy atom. The molecule has 3 heteroatoms. The number of carbonyl (C=O) groups excluding carboxylic acids is 1. The molecular formula is C18H21BrO2. The van der Waals surface area contributed by atoms with E-state index in [-0.39, 0.29) is 11.4 Å². The van der Waals surface area contributed by atoms with E-state index in [1.165, 1.54) is 38.5 Å². The molecule has 0 aromatic heterocycles. The van der Waals surface area contributed by atoms with E-state index in [2.05, 4.69) is 15.9 Å². The van der Waals surface area contributed by atoms with Crippen LogP contribution in [0.25, 0.3) is 0 Å². The average Bonchev–Trinajstić information content (AvgIpc) is 2.91. The third kappa shape index (κ3) is 2.34. The van der Waals surface area contributed by atoms with Crippen LogP contribution in [0.15, 0.2) is 22.7 Å². The number of ketones is 1. The first-order valence-electron chi connectivity index (χ1n) is 8.12. The second kappa shape index (κ2) is 4.84. The van der Waals surface area contributed by atoms with Crippen molar-refractivity contribution in [3.63, 3.8) is 0 Å². The van der Waals surface area contributed by atoms with Gasteiger partial charge in [0, 0.05) is 4.47 Å². The second-order valence-corrected chi connectivity index (χ2v) is 8.15. The molecule has 4 rings (SSSR count). The highest BCUT2D eigenvalue weighted by molar-refractivity contribution is 9.10. The van der Waals surface area contributed by atoms with Gasteiger partial charge in [-0.1, -0.05) is 28.8 Å². The van der Waals surface area contributed by atoms with Crippen LogP contribution in [-0.4, -0.2) is 11.4 Å². The molecule has 112 valence electrons. The highest BCUT2D eigenvalue weighted by atomic mass is 79.9. The van der Waals surface area contributed by atoms with Gasteiger partial charge in [-0.05, 0) is 62.1 Å². The van der Waals surface area contributed by atoms with Crippen molar-refractivity contribution >= 4 is 21.7 Å². The molecule has 1 heterocycles. The summed E-state index contributed by atoms with van der Waals surface area (Å²) in [7, 11) is 0. The Hall–Kier alpha value is -0.830. The fourth-order valence-electron chi connectivity index (χ4n) is 4.61. The Bertz CT molecular complexity index is 577. The van der Waals surface area contributed by atoms with E-state index >= 15 is 0 Å². The lowest BCUT2D eigenvalue weighted by molar-refractivity contribution is -0.0199. The van der Waals surface area contributed by atoms with Crippen LogP contribution >= 0.6 is 15.9 Å². The smallest absolute Gasteiger partial charge is 0.170 e. The number of ether oxygens (including phenoxy) is 1. The van der Waals surface area contributed by atoms with E-state index in [1.807, 2.05) is 18.2 Å². The molecule has 0 atom stereocenters. The third-order valence-electron chi connectivity index (χ3n) is 5.94. The maximum atomic E-state index is 12.5. The summed E-state index contributed by atoms with van der Waals surface area (Å²) in [5, 5.41) is 0. The van der Waals surface area contributed by atoms with Gasteiger partial charge in [0.2, 0.25) is 0 Å². The second-order valence-electron chi connectivity index (χ2n) is 7.23. The molecule has 1 aromatic rings. The number of Topliss-reactive ketones (excluding diaryl/α,β-unsaturated/α-hetero) is 1. The lowest BCUT2D eigenvalue weighted by Crippen LogP contribution is -2.46.